The van der Waals surface area contributed by atoms with E-state index in [9.17, 15) is 0 Å². The molecule has 2 nitrogen and oxygen atoms in total. The molecule has 3 aliphatic rings. The van der Waals surface area contributed by atoms with Gasteiger partial charge in [-0.2, -0.15) is 0 Å². The number of thioether (sulfide) groups is 1. The Labute approximate surface area is 115 Å². The van der Waals surface area contributed by atoms with Crippen LogP contribution in [0.5, 0.6) is 0 Å². The van der Waals surface area contributed by atoms with Crippen molar-refractivity contribution >= 4 is 16.9 Å². The smallest absolute Gasteiger partial charge is 0.156 e. The van der Waals surface area contributed by atoms with Gasteiger partial charge in [0.15, 0.2) is 5.17 Å². The van der Waals surface area contributed by atoms with Crippen molar-refractivity contribution in [2.24, 2.45) is 16.3 Å². The summed E-state index contributed by atoms with van der Waals surface area (Å²) in [6.07, 6.45) is 12.9. The SMILES string of the molecule is C1CCC2(CC1)CN=C(NCC1CCCC1)SC2. The van der Waals surface area contributed by atoms with Crippen LogP contribution in [0.25, 0.3) is 0 Å². The molecule has 0 atom stereocenters. The van der Waals surface area contributed by atoms with Gasteiger partial charge in [0, 0.05) is 18.8 Å². The van der Waals surface area contributed by atoms with Gasteiger partial charge < -0.3 is 5.32 Å². The van der Waals surface area contributed by atoms with Crippen molar-refractivity contribution in [1.82, 2.24) is 5.32 Å². The van der Waals surface area contributed by atoms with E-state index in [1.165, 1.54) is 75.3 Å². The topological polar surface area (TPSA) is 24.4 Å². The summed E-state index contributed by atoms with van der Waals surface area (Å²) in [6.45, 7) is 2.26. The number of amidine groups is 1. The van der Waals surface area contributed by atoms with Crippen molar-refractivity contribution in [3.63, 3.8) is 0 Å². The van der Waals surface area contributed by atoms with Crippen LogP contribution in [0.1, 0.15) is 57.8 Å². The highest BCUT2D eigenvalue weighted by Gasteiger charge is 2.34. The predicted molar refractivity (Wildman–Crippen MR) is 80.2 cm³/mol. The average Bonchev–Trinajstić information content (AvgIpc) is 2.93. The Morgan fingerprint density at radius 2 is 1.89 bits per heavy atom. The summed E-state index contributed by atoms with van der Waals surface area (Å²) in [5.74, 6) is 2.22. The molecular weight excluding hydrogens is 240 g/mol. The minimum Gasteiger partial charge on any atom is -0.365 e. The second kappa shape index (κ2) is 5.85. The summed E-state index contributed by atoms with van der Waals surface area (Å²) in [4.78, 5) is 4.84. The van der Waals surface area contributed by atoms with Crippen LogP contribution in [0.2, 0.25) is 0 Å². The summed E-state index contributed by atoms with van der Waals surface area (Å²) in [5, 5.41) is 4.83. The maximum atomic E-state index is 4.84. The summed E-state index contributed by atoms with van der Waals surface area (Å²) < 4.78 is 0. The van der Waals surface area contributed by atoms with Gasteiger partial charge in [-0.25, -0.2) is 0 Å². The van der Waals surface area contributed by atoms with Crippen LogP contribution in [0.4, 0.5) is 0 Å². The Balaban J connectivity index is 1.47. The summed E-state index contributed by atoms with van der Waals surface area (Å²) in [6, 6.07) is 0. The minimum atomic E-state index is 0.571. The number of aliphatic imine (C=N–C) groups is 1. The normalized spacial score (nSPS) is 28.3. The van der Waals surface area contributed by atoms with Gasteiger partial charge in [-0.1, -0.05) is 43.9 Å². The molecular formula is C15H26N2S. The molecule has 0 aromatic heterocycles. The summed E-state index contributed by atoms with van der Waals surface area (Å²) in [7, 11) is 0. The third kappa shape index (κ3) is 3.04. The molecule has 1 aliphatic heterocycles. The molecule has 102 valence electrons. The molecule has 2 aliphatic carbocycles. The Morgan fingerprint density at radius 3 is 2.56 bits per heavy atom. The third-order valence-electron chi connectivity index (χ3n) is 5.00. The fraction of sp³-hybridized carbons (Fsp3) is 0.933. The van der Waals surface area contributed by atoms with E-state index in [4.69, 9.17) is 4.99 Å². The molecule has 0 saturated heterocycles. The second-order valence-electron chi connectivity index (χ2n) is 6.50. The minimum absolute atomic E-state index is 0.571. The number of nitrogens with zero attached hydrogens (tertiary/aromatic N) is 1. The number of nitrogens with one attached hydrogen (secondary N) is 1. The first-order chi connectivity index (χ1) is 8.86. The Kier molecular flexibility index (Phi) is 4.17. The van der Waals surface area contributed by atoms with E-state index in [1.807, 2.05) is 11.8 Å². The molecule has 1 heterocycles. The fourth-order valence-corrected chi connectivity index (χ4v) is 4.87. The predicted octanol–water partition coefficient (Wildman–Crippen LogP) is 3.82. The zero-order valence-corrected chi connectivity index (χ0v) is 12.2. The van der Waals surface area contributed by atoms with E-state index in [-0.39, 0.29) is 0 Å². The maximum absolute atomic E-state index is 4.84. The maximum Gasteiger partial charge on any atom is 0.156 e. The van der Waals surface area contributed by atoms with Crippen LogP contribution in [-0.2, 0) is 0 Å². The van der Waals surface area contributed by atoms with Crippen molar-refractivity contribution in [2.75, 3.05) is 18.8 Å². The molecule has 3 rings (SSSR count). The highest BCUT2D eigenvalue weighted by Crippen LogP contribution is 2.41. The van der Waals surface area contributed by atoms with E-state index in [0.29, 0.717) is 5.41 Å². The van der Waals surface area contributed by atoms with Crippen LogP contribution < -0.4 is 5.32 Å². The molecule has 0 unspecified atom stereocenters. The van der Waals surface area contributed by atoms with Crippen molar-refractivity contribution in [3.05, 3.63) is 0 Å². The fourth-order valence-electron chi connectivity index (χ4n) is 3.71. The zero-order valence-electron chi connectivity index (χ0n) is 11.4. The van der Waals surface area contributed by atoms with Gasteiger partial charge >= 0.3 is 0 Å². The monoisotopic (exact) mass is 266 g/mol. The van der Waals surface area contributed by atoms with E-state index < -0.39 is 0 Å². The molecule has 2 saturated carbocycles. The lowest BCUT2D eigenvalue weighted by atomic mass is 9.75. The van der Waals surface area contributed by atoms with Crippen molar-refractivity contribution in [2.45, 2.75) is 57.8 Å². The van der Waals surface area contributed by atoms with Crippen LogP contribution >= 0.6 is 11.8 Å². The van der Waals surface area contributed by atoms with Gasteiger partial charge in [0.1, 0.15) is 0 Å². The summed E-state index contributed by atoms with van der Waals surface area (Å²) in [5.41, 5.74) is 0.571. The molecule has 1 spiro atoms. The van der Waals surface area contributed by atoms with Crippen molar-refractivity contribution < 1.29 is 0 Å². The third-order valence-corrected chi connectivity index (χ3v) is 6.31. The van der Waals surface area contributed by atoms with E-state index in [0.717, 1.165) is 12.5 Å². The number of rotatable bonds is 2. The van der Waals surface area contributed by atoms with Crippen molar-refractivity contribution in [1.29, 1.82) is 0 Å². The lowest BCUT2D eigenvalue weighted by molar-refractivity contribution is 0.232. The molecule has 0 amide bonds. The largest absolute Gasteiger partial charge is 0.365 e. The highest BCUT2D eigenvalue weighted by atomic mass is 32.2. The standard InChI is InChI=1S/C15H26N2S/c1-4-8-15(9-5-1)11-17-14(18-12-15)16-10-13-6-2-3-7-13/h13H,1-12H2,(H,16,17). The molecule has 18 heavy (non-hydrogen) atoms. The first kappa shape index (κ1) is 12.8. The van der Waals surface area contributed by atoms with Crippen LogP contribution in [0.3, 0.4) is 0 Å². The molecule has 2 fully saturated rings. The van der Waals surface area contributed by atoms with E-state index >= 15 is 0 Å². The average molecular weight is 266 g/mol. The van der Waals surface area contributed by atoms with Gasteiger partial charge in [-0.3, -0.25) is 4.99 Å². The Hall–Kier alpha value is -0.180. The quantitative estimate of drug-likeness (QED) is 0.821. The number of hydrogen-bond donors (Lipinski definition) is 1. The van der Waals surface area contributed by atoms with Gasteiger partial charge in [0.05, 0.1) is 0 Å². The highest BCUT2D eigenvalue weighted by molar-refractivity contribution is 8.13. The van der Waals surface area contributed by atoms with E-state index in [2.05, 4.69) is 5.32 Å². The van der Waals surface area contributed by atoms with Crippen molar-refractivity contribution in [3.8, 4) is 0 Å². The molecule has 1 N–H and O–H groups in total. The first-order valence-corrected chi connectivity index (χ1v) is 8.76. The first-order valence-electron chi connectivity index (χ1n) is 7.78. The van der Waals surface area contributed by atoms with Crippen LogP contribution in [0.15, 0.2) is 4.99 Å². The van der Waals surface area contributed by atoms with E-state index in [1.54, 1.807) is 0 Å². The molecule has 0 bridgehead atoms. The Bertz CT molecular complexity index is 302. The molecule has 3 heteroatoms. The summed E-state index contributed by atoms with van der Waals surface area (Å²) >= 11 is 1.99. The molecule has 0 aromatic carbocycles. The molecule has 0 aromatic rings. The van der Waals surface area contributed by atoms with Crippen LogP contribution in [-0.4, -0.2) is 24.0 Å². The van der Waals surface area contributed by atoms with Gasteiger partial charge in [-0.05, 0) is 37.0 Å². The van der Waals surface area contributed by atoms with Gasteiger partial charge in [0.2, 0.25) is 0 Å². The lowest BCUT2D eigenvalue weighted by Gasteiger charge is -2.38. The van der Waals surface area contributed by atoms with Crippen LogP contribution in [0, 0.1) is 11.3 Å². The second-order valence-corrected chi connectivity index (χ2v) is 7.47. The Morgan fingerprint density at radius 1 is 1.11 bits per heavy atom. The lowest BCUT2D eigenvalue weighted by Crippen LogP contribution is -2.37. The van der Waals surface area contributed by atoms with Gasteiger partial charge in [0.25, 0.3) is 0 Å². The van der Waals surface area contributed by atoms with Gasteiger partial charge in [-0.15, -0.1) is 0 Å². The molecule has 0 radical (unpaired) electrons. The number of hydrogen-bond acceptors (Lipinski definition) is 3. The zero-order chi connectivity index (χ0) is 12.3.